The maximum Gasteiger partial charge on any atom is 0.237 e. The van der Waals surface area contributed by atoms with Crippen molar-refractivity contribution in [3.8, 4) is 0 Å². The van der Waals surface area contributed by atoms with Crippen LogP contribution in [0.2, 0.25) is 0 Å². The van der Waals surface area contributed by atoms with Gasteiger partial charge in [0, 0.05) is 25.2 Å². The zero-order valence-corrected chi connectivity index (χ0v) is 11.8. The molecule has 5 nitrogen and oxygen atoms in total. The van der Waals surface area contributed by atoms with Crippen LogP contribution in [0.5, 0.6) is 0 Å². The Balaban J connectivity index is 2.38. The molecule has 0 aromatic rings. The van der Waals surface area contributed by atoms with Gasteiger partial charge in [0.25, 0.3) is 0 Å². The van der Waals surface area contributed by atoms with Gasteiger partial charge in [-0.25, -0.2) is 0 Å². The number of nitrogens with two attached hydrogens (primary N) is 1. The van der Waals surface area contributed by atoms with E-state index in [-0.39, 0.29) is 18.0 Å². The molecule has 0 saturated carbocycles. The van der Waals surface area contributed by atoms with Crippen LogP contribution in [-0.2, 0) is 9.53 Å². The van der Waals surface area contributed by atoms with Gasteiger partial charge in [0.15, 0.2) is 0 Å². The molecule has 1 heterocycles. The third-order valence-corrected chi connectivity index (χ3v) is 3.65. The number of nitrogens with zero attached hydrogens (tertiary/aromatic N) is 1. The Labute approximate surface area is 110 Å². The summed E-state index contributed by atoms with van der Waals surface area (Å²) < 4.78 is 5.33. The zero-order chi connectivity index (χ0) is 13.5. The van der Waals surface area contributed by atoms with E-state index < -0.39 is 0 Å². The van der Waals surface area contributed by atoms with Crippen LogP contribution in [0.1, 0.15) is 33.6 Å². The molecule has 1 fully saturated rings. The first kappa shape index (κ1) is 15.4. The van der Waals surface area contributed by atoms with Crippen LogP contribution in [-0.4, -0.2) is 55.2 Å². The van der Waals surface area contributed by atoms with Crippen LogP contribution >= 0.6 is 0 Å². The van der Waals surface area contributed by atoms with Gasteiger partial charge in [-0.05, 0) is 20.3 Å². The number of nitrogens with one attached hydrogen (secondary N) is 1. The summed E-state index contributed by atoms with van der Waals surface area (Å²) >= 11 is 0. The quantitative estimate of drug-likeness (QED) is 0.720. The van der Waals surface area contributed by atoms with Gasteiger partial charge >= 0.3 is 0 Å². The molecule has 0 radical (unpaired) electrons. The predicted molar refractivity (Wildman–Crippen MR) is 72.3 cm³/mol. The van der Waals surface area contributed by atoms with Crippen molar-refractivity contribution in [2.75, 3.05) is 26.3 Å². The first-order valence-corrected chi connectivity index (χ1v) is 6.94. The molecule has 1 aliphatic heterocycles. The summed E-state index contributed by atoms with van der Waals surface area (Å²) in [7, 11) is 0. The summed E-state index contributed by atoms with van der Waals surface area (Å²) in [5.41, 5.74) is 5.81. The highest BCUT2D eigenvalue weighted by Crippen LogP contribution is 2.07. The molecule has 1 amide bonds. The Bertz CT molecular complexity index is 255. The van der Waals surface area contributed by atoms with Crippen LogP contribution in [0.3, 0.4) is 0 Å². The molecule has 3 N–H and O–H groups in total. The average Bonchev–Trinajstić information content (AvgIpc) is 2.39. The highest BCUT2D eigenvalue weighted by molar-refractivity contribution is 5.81. The van der Waals surface area contributed by atoms with Crippen molar-refractivity contribution in [3.05, 3.63) is 0 Å². The molecule has 0 aliphatic carbocycles. The maximum absolute atomic E-state index is 11.9. The molecule has 18 heavy (non-hydrogen) atoms. The van der Waals surface area contributed by atoms with Crippen molar-refractivity contribution in [1.82, 2.24) is 10.2 Å². The lowest BCUT2D eigenvalue weighted by atomic mass is 10.1. The summed E-state index contributed by atoms with van der Waals surface area (Å²) in [6, 6.07) is 0.0412. The van der Waals surface area contributed by atoms with Crippen LogP contribution in [0.15, 0.2) is 0 Å². The van der Waals surface area contributed by atoms with Crippen molar-refractivity contribution in [2.24, 2.45) is 5.73 Å². The summed E-state index contributed by atoms with van der Waals surface area (Å²) in [6.45, 7) is 9.64. The van der Waals surface area contributed by atoms with E-state index in [1.165, 1.54) is 0 Å². The summed E-state index contributed by atoms with van der Waals surface area (Å²) in [5, 5.41) is 3.02. The van der Waals surface area contributed by atoms with Gasteiger partial charge in [-0.1, -0.05) is 13.3 Å². The van der Waals surface area contributed by atoms with E-state index in [1.54, 1.807) is 0 Å². The van der Waals surface area contributed by atoms with Crippen molar-refractivity contribution >= 4 is 5.91 Å². The number of hydrogen-bond donors (Lipinski definition) is 2. The van der Waals surface area contributed by atoms with Gasteiger partial charge in [-0.2, -0.15) is 0 Å². The first-order chi connectivity index (χ1) is 8.56. The molecule has 3 unspecified atom stereocenters. The summed E-state index contributed by atoms with van der Waals surface area (Å²) in [6.07, 6.45) is 1.67. The average molecular weight is 257 g/mol. The third-order valence-electron chi connectivity index (χ3n) is 3.65. The van der Waals surface area contributed by atoms with Gasteiger partial charge in [-0.15, -0.1) is 0 Å². The molecule has 3 atom stereocenters. The monoisotopic (exact) mass is 257 g/mol. The third kappa shape index (κ3) is 4.55. The first-order valence-electron chi connectivity index (χ1n) is 6.94. The highest BCUT2D eigenvalue weighted by Gasteiger charge is 2.24. The minimum Gasteiger partial charge on any atom is -0.379 e. The largest absolute Gasteiger partial charge is 0.379 e. The Morgan fingerprint density at radius 1 is 1.39 bits per heavy atom. The Kier molecular flexibility index (Phi) is 6.60. The van der Waals surface area contributed by atoms with E-state index in [9.17, 15) is 4.79 Å². The molecule has 5 heteroatoms. The molecule has 0 bridgehead atoms. The molecule has 0 aromatic heterocycles. The van der Waals surface area contributed by atoms with Crippen molar-refractivity contribution in [1.29, 1.82) is 0 Å². The maximum atomic E-state index is 11.9. The Morgan fingerprint density at radius 3 is 2.56 bits per heavy atom. The van der Waals surface area contributed by atoms with E-state index in [0.29, 0.717) is 6.04 Å². The van der Waals surface area contributed by atoms with Gasteiger partial charge < -0.3 is 15.8 Å². The van der Waals surface area contributed by atoms with Gasteiger partial charge in [0.1, 0.15) is 0 Å². The van der Waals surface area contributed by atoms with Gasteiger partial charge in [-0.3, -0.25) is 9.69 Å². The highest BCUT2D eigenvalue weighted by atomic mass is 16.5. The van der Waals surface area contributed by atoms with E-state index in [4.69, 9.17) is 10.5 Å². The number of ether oxygens (including phenoxy) is 1. The van der Waals surface area contributed by atoms with Crippen LogP contribution in [0, 0.1) is 0 Å². The van der Waals surface area contributed by atoms with E-state index in [1.807, 2.05) is 13.8 Å². The molecular formula is C13H27N3O2. The molecule has 106 valence electrons. The second-order valence-electron chi connectivity index (χ2n) is 5.08. The number of rotatable bonds is 6. The van der Waals surface area contributed by atoms with E-state index in [0.717, 1.165) is 39.1 Å². The second-order valence-corrected chi connectivity index (χ2v) is 5.08. The summed E-state index contributed by atoms with van der Waals surface area (Å²) in [4.78, 5) is 14.2. The lowest BCUT2D eigenvalue weighted by Crippen LogP contribution is -2.54. The van der Waals surface area contributed by atoms with Crippen LogP contribution < -0.4 is 11.1 Å². The molecule has 0 spiro atoms. The fraction of sp³-hybridized carbons (Fsp3) is 0.923. The number of hydrogen-bond acceptors (Lipinski definition) is 4. The summed E-state index contributed by atoms with van der Waals surface area (Å²) in [5.74, 6) is -0.0375. The Hall–Kier alpha value is -0.650. The minimum atomic E-state index is -0.380. The van der Waals surface area contributed by atoms with Crippen LogP contribution in [0.25, 0.3) is 0 Å². The molecular weight excluding hydrogens is 230 g/mol. The molecule has 1 rings (SSSR count). The number of carbonyl (C=O) groups excluding carboxylic acids is 1. The van der Waals surface area contributed by atoms with Crippen molar-refractivity contribution < 1.29 is 9.53 Å². The standard InChI is InChI=1S/C13H27N3O2/c1-4-5-12(14)13(17)15-10(2)11(3)16-6-8-18-9-7-16/h10-12H,4-9,14H2,1-3H3,(H,15,17). The second kappa shape index (κ2) is 7.71. The SMILES string of the molecule is CCCC(N)C(=O)NC(C)C(C)N1CCOCC1. The zero-order valence-electron chi connectivity index (χ0n) is 11.8. The van der Waals surface area contributed by atoms with Crippen molar-refractivity contribution in [3.63, 3.8) is 0 Å². The van der Waals surface area contributed by atoms with Crippen molar-refractivity contribution in [2.45, 2.75) is 51.7 Å². The fourth-order valence-corrected chi connectivity index (χ4v) is 2.20. The van der Waals surface area contributed by atoms with E-state index in [2.05, 4.69) is 17.1 Å². The molecule has 0 aromatic carbocycles. The number of carbonyl (C=O) groups is 1. The lowest BCUT2D eigenvalue weighted by Gasteiger charge is -2.36. The number of morpholine rings is 1. The smallest absolute Gasteiger partial charge is 0.237 e. The minimum absolute atomic E-state index is 0.0375. The lowest BCUT2D eigenvalue weighted by molar-refractivity contribution is -0.123. The normalized spacial score (nSPS) is 22.2. The Morgan fingerprint density at radius 2 is 2.00 bits per heavy atom. The number of amides is 1. The molecule has 1 saturated heterocycles. The predicted octanol–water partition coefficient (Wildman–Crippen LogP) is 0.339. The van der Waals surface area contributed by atoms with Gasteiger partial charge in [0.05, 0.1) is 19.3 Å². The van der Waals surface area contributed by atoms with E-state index >= 15 is 0 Å². The van der Waals surface area contributed by atoms with Crippen LogP contribution in [0.4, 0.5) is 0 Å². The topological polar surface area (TPSA) is 67.6 Å². The van der Waals surface area contributed by atoms with Gasteiger partial charge in [0.2, 0.25) is 5.91 Å². The fourth-order valence-electron chi connectivity index (χ4n) is 2.20. The molecule has 1 aliphatic rings.